The van der Waals surface area contributed by atoms with Crippen LogP contribution in [0.4, 0.5) is 5.69 Å². The van der Waals surface area contributed by atoms with Crippen LogP contribution in [0.2, 0.25) is 0 Å². The second-order valence-electron chi connectivity index (χ2n) is 10.0. The van der Waals surface area contributed by atoms with Crippen LogP contribution in [0.25, 0.3) is 0 Å². The lowest BCUT2D eigenvalue weighted by atomic mass is 9.99. The van der Waals surface area contributed by atoms with Crippen molar-refractivity contribution in [2.75, 3.05) is 12.0 Å². The summed E-state index contributed by atoms with van der Waals surface area (Å²) in [5.74, 6) is -1.22. The van der Waals surface area contributed by atoms with E-state index in [-0.39, 0.29) is 18.5 Å². The highest BCUT2D eigenvalue weighted by Gasteiger charge is 2.31. The molecule has 0 spiro atoms. The number of carbonyl (C=O) groups is 3. The third kappa shape index (κ3) is 6.74. The molecule has 0 saturated carbocycles. The fourth-order valence-electron chi connectivity index (χ4n) is 4.96. The van der Waals surface area contributed by atoms with Crippen LogP contribution >= 0.6 is 0 Å². The number of hydrogen-bond acceptors (Lipinski definition) is 7. The van der Waals surface area contributed by atoms with Gasteiger partial charge in [-0.15, -0.1) is 0 Å². The predicted molar refractivity (Wildman–Crippen MR) is 151 cm³/mol. The van der Waals surface area contributed by atoms with Gasteiger partial charge in [-0.1, -0.05) is 48.0 Å². The van der Waals surface area contributed by atoms with Gasteiger partial charge >= 0.3 is 11.9 Å². The van der Waals surface area contributed by atoms with Gasteiger partial charge in [0, 0.05) is 11.3 Å². The van der Waals surface area contributed by atoms with Crippen LogP contribution in [0.15, 0.2) is 66.7 Å². The molecule has 0 radical (unpaired) electrons. The Labute approximate surface area is 234 Å². The average molecular weight is 540 g/mol. The molecule has 0 aliphatic carbocycles. The molecule has 3 aromatic rings. The molecule has 0 bridgehead atoms. The summed E-state index contributed by atoms with van der Waals surface area (Å²) in [7, 11) is 1.35. The number of nitrogens with zero attached hydrogens (tertiary/aromatic N) is 2. The number of rotatable bonds is 11. The predicted octanol–water partition coefficient (Wildman–Crippen LogP) is 4.66. The topological polar surface area (TPSA) is 123 Å². The molecule has 0 fully saturated rings. The summed E-state index contributed by atoms with van der Waals surface area (Å²) in [6.07, 6.45) is 2.84. The number of methoxy groups -OCH3 is 1. The summed E-state index contributed by atoms with van der Waals surface area (Å²) in [6.45, 7) is 2.16. The molecule has 0 saturated heterocycles. The Hall–Kier alpha value is -4.48. The first-order chi connectivity index (χ1) is 19.3. The molecule has 1 unspecified atom stereocenters. The first kappa shape index (κ1) is 28.5. The van der Waals surface area contributed by atoms with Crippen LogP contribution in [0.3, 0.4) is 0 Å². The number of aryl methyl sites for hydroxylation is 2. The van der Waals surface area contributed by atoms with E-state index in [0.717, 1.165) is 28.7 Å². The maximum atomic E-state index is 13.8. The molecule has 3 aromatic carbocycles. The van der Waals surface area contributed by atoms with Crippen molar-refractivity contribution >= 4 is 23.5 Å². The van der Waals surface area contributed by atoms with Gasteiger partial charge in [-0.05, 0) is 74.4 Å². The van der Waals surface area contributed by atoms with Crippen LogP contribution in [0.1, 0.15) is 62.2 Å². The maximum absolute atomic E-state index is 13.8. The van der Waals surface area contributed by atoms with Crippen LogP contribution in [0.5, 0.6) is 0 Å². The highest BCUT2D eigenvalue weighted by Crippen LogP contribution is 2.28. The third-order valence-electron chi connectivity index (χ3n) is 7.04. The fourth-order valence-corrected chi connectivity index (χ4v) is 4.96. The second kappa shape index (κ2) is 13.0. The van der Waals surface area contributed by atoms with Crippen molar-refractivity contribution in [3.63, 3.8) is 0 Å². The minimum Gasteiger partial charge on any atom is -0.465 e. The first-order valence-electron chi connectivity index (χ1n) is 13.3. The zero-order valence-corrected chi connectivity index (χ0v) is 22.8. The zero-order chi connectivity index (χ0) is 28.6. The van der Waals surface area contributed by atoms with E-state index < -0.39 is 18.1 Å². The molecule has 2 atom stereocenters. The molecule has 206 valence electrons. The van der Waals surface area contributed by atoms with Crippen LogP contribution in [-0.4, -0.2) is 37.0 Å². The van der Waals surface area contributed by atoms with Gasteiger partial charge in [0.2, 0.25) is 5.91 Å². The second-order valence-corrected chi connectivity index (χ2v) is 10.0. The van der Waals surface area contributed by atoms with Gasteiger partial charge in [0.25, 0.3) is 0 Å². The molecular weight excluding hydrogens is 506 g/mol. The number of fused-ring (bicyclic) bond motifs is 1. The summed E-state index contributed by atoms with van der Waals surface area (Å²) in [4.78, 5) is 39.3. The van der Waals surface area contributed by atoms with E-state index in [1.807, 2.05) is 43.3 Å². The summed E-state index contributed by atoms with van der Waals surface area (Å²) in [6, 6.07) is 20.8. The van der Waals surface area contributed by atoms with E-state index in [0.29, 0.717) is 42.5 Å². The van der Waals surface area contributed by atoms with Crippen LogP contribution in [0, 0.1) is 18.3 Å². The lowest BCUT2D eigenvalue weighted by Crippen LogP contribution is -2.49. The van der Waals surface area contributed by atoms with Gasteiger partial charge in [0.05, 0.1) is 30.3 Å². The fraction of sp³-hybridized carbons (Fsp3) is 0.312. The van der Waals surface area contributed by atoms with Crippen molar-refractivity contribution in [3.8, 4) is 6.07 Å². The Bertz CT molecular complexity index is 1440. The van der Waals surface area contributed by atoms with Gasteiger partial charge in [-0.3, -0.25) is 9.69 Å². The molecule has 1 aliphatic rings. The number of ether oxygens (including phenoxy) is 2. The summed E-state index contributed by atoms with van der Waals surface area (Å²) in [5.41, 5.74) is 11.5. The summed E-state index contributed by atoms with van der Waals surface area (Å²) >= 11 is 0. The van der Waals surface area contributed by atoms with Gasteiger partial charge in [-0.25, -0.2) is 9.59 Å². The van der Waals surface area contributed by atoms with E-state index in [9.17, 15) is 19.6 Å². The minimum atomic E-state index is -0.876. The minimum absolute atomic E-state index is 0.189. The highest BCUT2D eigenvalue weighted by atomic mass is 16.5. The van der Waals surface area contributed by atoms with Crippen molar-refractivity contribution in [1.29, 1.82) is 5.26 Å². The highest BCUT2D eigenvalue weighted by molar-refractivity contribution is 6.00. The quantitative estimate of drug-likeness (QED) is 0.278. The molecular formula is C32H33N3O5. The standard InChI is InChI=1S/C32H33N3O5/c1-21-7-5-10-23(15-21)17-29(34)30(36)35(26-14-13-25-20-40-32(38)28(25)18-26)27(19-33)12-4-3-8-22-9-6-11-24(16-22)31(37)39-2/h5-7,9-11,13-16,18,27,29H,3-4,8,12,17,20,34H2,1-2H3/t27?,29-/m0/s1. The smallest absolute Gasteiger partial charge is 0.338 e. The molecule has 1 aliphatic heterocycles. The molecule has 0 aromatic heterocycles. The number of amides is 1. The van der Waals surface area contributed by atoms with Crippen molar-refractivity contribution < 1.29 is 23.9 Å². The Morgan fingerprint density at radius 1 is 1.07 bits per heavy atom. The third-order valence-corrected chi connectivity index (χ3v) is 7.04. The number of esters is 2. The number of nitriles is 1. The van der Waals surface area contributed by atoms with Gasteiger partial charge in [0.1, 0.15) is 12.6 Å². The molecule has 2 N–H and O–H groups in total. The van der Waals surface area contributed by atoms with E-state index in [1.165, 1.54) is 12.0 Å². The number of benzene rings is 3. The monoisotopic (exact) mass is 539 g/mol. The number of nitrogens with two attached hydrogens (primary N) is 1. The molecule has 1 heterocycles. The Morgan fingerprint density at radius 3 is 2.60 bits per heavy atom. The largest absolute Gasteiger partial charge is 0.465 e. The normalized spacial score (nSPS) is 13.5. The van der Waals surface area contributed by atoms with Crippen molar-refractivity contribution in [1.82, 2.24) is 0 Å². The Kier molecular flexibility index (Phi) is 9.31. The summed E-state index contributed by atoms with van der Waals surface area (Å²) < 4.78 is 9.93. The Morgan fingerprint density at radius 2 is 1.85 bits per heavy atom. The maximum Gasteiger partial charge on any atom is 0.338 e. The van der Waals surface area contributed by atoms with E-state index in [4.69, 9.17) is 15.2 Å². The van der Waals surface area contributed by atoms with Crippen molar-refractivity contribution in [3.05, 3.63) is 100 Å². The number of anilines is 1. The first-order valence-corrected chi connectivity index (χ1v) is 13.3. The van der Waals surface area contributed by atoms with Gasteiger partial charge < -0.3 is 15.2 Å². The van der Waals surface area contributed by atoms with E-state index in [2.05, 4.69) is 6.07 Å². The van der Waals surface area contributed by atoms with Gasteiger partial charge in [0.15, 0.2) is 0 Å². The zero-order valence-electron chi connectivity index (χ0n) is 22.8. The molecule has 8 heteroatoms. The molecule has 4 rings (SSSR count). The van der Waals surface area contributed by atoms with Crippen molar-refractivity contribution in [2.45, 2.75) is 57.7 Å². The van der Waals surface area contributed by atoms with Crippen LogP contribution in [-0.2, 0) is 33.7 Å². The number of cyclic esters (lactones) is 1. The number of unbranched alkanes of at least 4 members (excludes halogenated alkanes) is 1. The lowest BCUT2D eigenvalue weighted by Gasteiger charge is -2.30. The molecule has 8 nitrogen and oxygen atoms in total. The van der Waals surface area contributed by atoms with Crippen LogP contribution < -0.4 is 10.6 Å². The van der Waals surface area contributed by atoms with E-state index in [1.54, 1.807) is 30.3 Å². The molecule has 40 heavy (non-hydrogen) atoms. The van der Waals surface area contributed by atoms with Crippen molar-refractivity contribution in [2.24, 2.45) is 5.73 Å². The molecule has 1 amide bonds. The Balaban J connectivity index is 1.51. The lowest BCUT2D eigenvalue weighted by molar-refractivity contribution is -0.120. The number of carbonyl (C=O) groups excluding carboxylic acids is 3. The van der Waals surface area contributed by atoms with Gasteiger partial charge in [-0.2, -0.15) is 5.26 Å². The summed E-state index contributed by atoms with van der Waals surface area (Å²) in [5, 5.41) is 10.2. The average Bonchev–Trinajstić information content (AvgIpc) is 3.33. The number of hydrogen-bond donors (Lipinski definition) is 1. The van der Waals surface area contributed by atoms with E-state index >= 15 is 0 Å². The SMILES string of the molecule is COC(=O)c1cccc(CCCCC(C#N)N(C(=O)[C@@H](N)Cc2cccc(C)c2)c2ccc3c(c2)C(=O)OC3)c1.